The van der Waals surface area contributed by atoms with Crippen LogP contribution in [0.25, 0.3) is 32.1 Å². The molecule has 3 atom stereocenters. The normalized spacial score (nSPS) is 22.6. The number of rotatable bonds is 6. The van der Waals surface area contributed by atoms with Gasteiger partial charge in [0.15, 0.2) is 5.82 Å². The summed E-state index contributed by atoms with van der Waals surface area (Å²) in [4.78, 5) is 40.0. The maximum Gasteiger partial charge on any atom is 0.412 e. The Balaban J connectivity index is 1.26. The Morgan fingerprint density at radius 2 is 1.96 bits per heavy atom. The molecule has 2 aromatic carbocycles. The number of ether oxygens (including phenoxy) is 2. The lowest BCUT2D eigenvalue weighted by Gasteiger charge is -2.40. The summed E-state index contributed by atoms with van der Waals surface area (Å²) in [6.45, 7) is 11.9. The molecule has 54 heavy (non-hydrogen) atoms. The first-order valence-corrected chi connectivity index (χ1v) is 19.0. The van der Waals surface area contributed by atoms with Gasteiger partial charge in [-0.3, -0.25) is 15.1 Å². The number of aromatic nitrogens is 2. The van der Waals surface area contributed by atoms with Crippen molar-refractivity contribution in [3.8, 4) is 23.2 Å². The van der Waals surface area contributed by atoms with Crippen LogP contribution in [0.5, 0.6) is 6.01 Å². The van der Waals surface area contributed by atoms with Gasteiger partial charge in [0.2, 0.25) is 0 Å². The number of nitrogens with zero attached hydrogens (tertiary/aromatic N) is 6. The number of anilines is 2. The third-order valence-corrected chi connectivity index (χ3v) is 12.2. The zero-order valence-corrected chi connectivity index (χ0v) is 31.5. The molecule has 16 heteroatoms. The minimum atomic E-state index is -0.976. The smallest absolute Gasteiger partial charge is 0.412 e. The van der Waals surface area contributed by atoms with E-state index in [9.17, 15) is 20.0 Å². The van der Waals surface area contributed by atoms with Crippen LogP contribution in [0.4, 0.5) is 29.2 Å². The van der Waals surface area contributed by atoms with Gasteiger partial charge in [0.25, 0.3) is 0 Å². The van der Waals surface area contributed by atoms with E-state index in [4.69, 9.17) is 26.1 Å². The number of carbonyl (C=O) groups excluding carboxylic acids is 1. The van der Waals surface area contributed by atoms with Crippen molar-refractivity contribution in [2.24, 2.45) is 0 Å². The average Bonchev–Trinajstić information content (AvgIpc) is 3.82. The first kappa shape index (κ1) is 36.2. The van der Waals surface area contributed by atoms with Gasteiger partial charge < -0.3 is 19.5 Å². The van der Waals surface area contributed by atoms with Gasteiger partial charge in [-0.25, -0.2) is 18.4 Å². The molecule has 8 rings (SSSR count). The third-order valence-electron chi connectivity index (χ3n) is 10.8. The number of carbonyl (C=O) groups is 2. The molecule has 4 saturated heterocycles. The fraction of sp³-hybridized carbons (Fsp3) is 0.447. The highest BCUT2D eigenvalue weighted by molar-refractivity contribution is 7.23. The molecular formula is C38H38ClF2N7O5S. The van der Waals surface area contributed by atoms with Crippen molar-refractivity contribution < 1.29 is 33.0 Å². The van der Waals surface area contributed by atoms with Crippen molar-refractivity contribution in [2.45, 2.75) is 76.1 Å². The number of halogens is 3. The summed E-state index contributed by atoms with van der Waals surface area (Å²) in [6.07, 6.45) is 2.27. The molecule has 282 valence electrons. The number of piperazine rings is 1. The van der Waals surface area contributed by atoms with E-state index < -0.39 is 29.4 Å². The van der Waals surface area contributed by atoms with E-state index in [2.05, 4.69) is 27.8 Å². The first-order valence-electron chi connectivity index (χ1n) is 17.8. The number of hydrogen-bond acceptors (Lipinski definition) is 10. The molecule has 12 nitrogen and oxygen atoms in total. The quantitative estimate of drug-likeness (QED) is 0.184. The number of amides is 2. The van der Waals surface area contributed by atoms with E-state index in [1.807, 2.05) is 4.90 Å². The number of nitrogens with one attached hydrogen (secondary N) is 1. The predicted octanol–water partition coefficient (Wildman–Crippen LogP) is 8.17. The Labute approximate surface area is 318 Å². The zero-order chi connectivity index (χ0) is 38.3. The maximum atomic E-state index is 17.3. The minimum absolute atomic E-state index is 0.0170. The number of carboxylic acid groups (broad SMARTS) is 1. The van der Waals surface area contributed by atoms with Crippen molar-refractivity contribution in [2.75, 3.05) is 43.0 Å². The Bertz CT molecular complexity index is 2290. The van der Waals surface area contributed by atoms with Crippen LogP contribution in [0.15, 0.2) is 30.4 Å². The van der Waals surface area contributed by atoms with Crippen LogP contribution in [0, 0.1) is 23.0 Å². The summed E-state index contributed by atoms with van der Waals surface area (Å²) in [5.74, 6) is -1.14. The summed E-state index contributed by atoms with van der Waals surface area (Å²) in [5.41, 5.74) is -0.145. The van der Waals surface area contributed by atoms with E-state index in [0.717, 1.165) is 55.3 Å². The van der Waals surface area contributed by atoms with E-state index in [-0.39, 0.29) is 72.6 Å². The topological polar surface area (TPSA) is 144 Å². The van der Waals surface area contributed by atoms with Crippen LogP contribution < -0.4 is 15.0 Å². The minimum Gasteiger partial charge on any atom is -0.465 e. The van der Waals surface area contributed by atoms with Crippen molar-refractivity contribution in [1.29, 1.82) is 5.26 Å². The molecule has 4 aromatic rings. The highest BCUT2D eigenvalue weighted by atomic mass is 35.5. The molecule has 2 bridgehead atoms. The van der Waals surface area contributed by atoms with E-state index >= 15 is 8.78 Å². The van der Waals surface area contributed by atoms with Crippen molar-refractivity contribution >= 4 is 66.9 Å². The number of hydrogen-bond donors (Lipinski definition) is 2. The molecule has 0 unspecified atom stereocenters. The molecule has 0 aliphatic carbocycles. The molecular weight excluding hydrogens is 740 g/mol. The summed E-state index contributed by atoms with van der Waals surface area (Å²) in [6, 6.07) is 5.52. The van der Waals surface area contributed by atoms with E-state index in [1.54, 1.807) is 26.8 Å². The first-order chi connectivity index (χ1) is 25.7. The number of benzene rings is 2. The van der Waals surface area contributed by atoms with Gasteiger partial charge in [-0.1, -0.05) is 29.8 Å². The molecule has 0 spiro atoms. The molecule has 4 aliphatic heterocycles. The van der Waals surface area contributed by atoms with Crippen LogP contribution in [0.1, 0.15) is 58.4 Å². The van der Waals surface area contributed by atoms with Gasteiger partial charge in [0.05, 0.1) is 32.9 Å². The lowest BCUT2D eigenvalue weighted by atomic mass is 9.94. The number of nitriles is 1. The van der Waals surface area contributed by atoms with Crippen LogP contribution >= 0.6 is 22.9 Å². The van der Waals surface area contributed by atoms with Crippen LogP contribution in [0.3, 0.4) is 0 Å². The number of fused-ring (bicyclic) bond motifs is 5. The SMILES string of the molecule is C=C1CN2CCC[C@@]2(COc2nc(N3C[C@H]4CC[C@@H](C3)N4C(=O)O)c3cc(Cl)c(-c4ccc(F)c5sc(NC(=O)OC(C)(C)C)c(C#N)c45)c(F)c3n2)C1. The van der Waals surface area contributed by atoms with Gasteiger partial charge >= 0.3 is 18.2 Å². The predicted molar refractivity (Wildman–Crippen MR) is 202 cm³/mol. The summed E-state index contributed by atoms with van der Waals surface area (Å²) >= 11 is 7.77. The highest BCUT2D eigenvalue weighted by Crippen LogP contribution is 2.47. The van der Waals surface area contributed by atoms with Gasteiger partial charge in [0.1, 0.15) is 40.4 Å². The molecule has 2 aromatic heterocycles. The van der Waals surface area contributed by atoms with Crippen molar-refractivity contribution in [3.05, 3.63) is 52.6 Å². The largest absolute Gasteiger partial charge is 0.465 e. The third kappa shape index (κ3) is 6.14. The molecule has 0 saturated carbocycles. The molecule has 2 amide bonds. The van der Waals surface area contributed by atoms with E-state index in [1.165, 1.54) is 11.0 Å². The Morgan fingerprint density at radius 1 is 1.22 bits per heavy atom. The van der Waals surface area contributed by atoms with E-state index in [0.29, 0.717) is 37.1 Å². The second-order valence-electron chi connectivity index (χ2n) is 15.6. The van der Waals surface area contributed by atoms with Gasteiger partial charge in [0, 0.05) is 36.0 Å². The van der Waals surface area contributed by atoms with Gasteiger partial charge in [-0.05, 0) is 77.1 Å². The van der Waals surface area contributed by atoms with Gasteiger partial charge in [-0.15, -0.1) is 11.3 Å². The molecule has 2 N–H and O–H groups in total. The van der Waals surface area contributed by atoms with Crippen LogP contribution in [0.2, 0.25) is 5.02 Å². The fourth-order valence-corrected chi connectivity index (χ4v) is 10.1. The van der Waals surface area contributed by atoms with Crippen LogP contribution in [-0.4, -0.2) is 93.1 Å². The van der Waals surface area contributed by atoms with Crippen molar-refractivity contribution in [3.63, 3.8) is 0 Å². The zero-order valence-electron chi connectivity index (χ0n) is 30.0. The molecule has 0 radical (unpaired) electrons. The summed E-state index contributed by atoms with van der Waals surface area (Å²) in [7, 11) is 0. The monoisotopic (exact) mass is 777 g/mol. The Hall–Kier alpha value is -4.78. The van der Waals surface area contributed by atoms with Crippen molar-refractivity contribution in [1.82, 2.24) is 19.8 Å². The lowest BCUT2D eigenvalue weighted by molar-refractivity contribution is 0.0636. The molecule has 4 aliphatic rings. The highest BCUT2D eigenvalue weighted by Gasteiger charge is 2.47. The number of thiophene rings is 1. The lowest BCUT2D eigenvalue weighted by Crippen LogP contribution is -2.55. The maximum absolute atomic E-state index is 17.3. The summed E-state index contributed by atoms with van der Waals surface area (Å²) in [5, 5.41) is 23.1. The Kier molecular flexibility index (Phi) is 8.86. The second kappa shape index (κ2) is 13.2. The fourth-order valence-electron chi connectivity index (χ4n) is 8.72. The van der Waals surface area contributed by atoms with Gasteiger partial charge in [-0.2, -0.15) is 15.2 Å². The Morgan fingerprint density at radius 3 is 2.65 bits per heavy atom. The molecule has 4 fully saturated rings. The van der Waals surface area contributed by atoms with Crippen LogP contribution in [-0.2, 0) is 4.74 Å². The molecule has 6 heterocycles. The average molecular weight is 778 g/mol. The summed E-state index contributed by atoms with van der Waals surface area (Å²) < 4.78 is 44.5. The second-order valence-corrected chi connectivity index (χ2v) is 17.0. The standard InChI is InChI=1S/C38H38ClF2N7O5S/c1-19-13-38(10-5-11-47(38)15-19)18-52-34-43-30-23(32(44-34)46-16-20-6-7-21(17-46)48(20)36(50)51)12-25(39)28(29(30)41)22-8-9-26(40)31-27(22)24(14-42)33(54-31)45-35(49)53-37(2,3)4/h8-9,12,20-21H,1,5-7,10-11,13,15-18H2,2-4H3,(H,45,49)(H,50,51)/t20-,21+,38-/m0/s1.